The molecule has 0 saturated carbocycles. The van der Waals surface area contributed by atoms with Crippen LogP contribution in [0.5, 0.6) is 0 Å². The number of benzene rings is 1. The van der Waals surface area contributed by atoms with Crippen LogP contribution in [-0.4, -0.2) is 24.4 Å². The number of imide groups is 1. The Kier molecular flexibility index (Phi) is 6.27. The van der Waals surface area contributed by atoms with Crippen LogP contribution in [0.15, 0.2) is 23.1 Å². The van der Waals surface area contributed by atoms with Crippen molar-refractivity contribution in [3.05, 3.63) is 29.3 Å². The van der Waals surface area contributed by atoms with E-state index in [4.69, 9.17) is 0 Å². The highest BCUT2D eigenvalue weighted by Crippen LogP contribution is 2.29. The minimum Gasteiger partial charge on any atom is -0.450 e. The lowest BCUT2D eigenvalue weighted by molar-refractivity contribution is -0.117. The van der Waals surface area contributed by atoms with Crippen LogP contribution in [0.25, 0.3) is 0 Å². The first-order chi connectivity index (χ1) is 9.74. The van der Waals surface area contributed by atoms with Gasteiger partial charge in [-0.3, -0.25) is 10.1 Å². The fourth-order valence-electron chi connectivity index (χ4n) is 1.68. The van der Waals surface area contributed by atoms with Crippen LogP contribution in [0.4, 0.5) is 4.79 Å². The second-order valence-corrected chi connectivity index (χ2v) is 6.80. The molecule has 0 atom stereocenters. The van der Waals surface area contributed by atoms with Crippen molar-refractivity contribution >= 4 is 23.8 Å². The summed E-state index contributed by atoms with van der Waals surface area (Å²) in [4.78, 5) is 23.9. The molecule has 0 heterocycles. The lowest BCUT2D eigenvalue weighted by Gasteiger charge is -2.20. The van der Waals surface area contributed by atoms with Crippen LogP contribution < -0.4 is 5.32 Å². The number of alkyl carbamates (subject to hydrolysis) is 1. The number of carbonyl (C=O) groups is 2. The van der Waals surface area contributed by atoms with Gasteiger partial charge in [0, 0.05) is 4.90 Å². The van der Waals surface area contributed by atoms with E-state index >= 15 is 0 Å². The first-order valence-corrected chi connectivity index (χ1v) is 7.93. The van der Waals surface area contributed by atoms with Gasteiger partial charge in [-0.25, -0.2) is 4.79 Å². The van der Waals surface area contributed by atoms with Crippen molar-refractivity contribution in [3.8, 4) is 0 Å². The molecule has 0 unspecified atom stereocenters. The average Bonchev–Trinajstić information content (AvgIpc) is 2.36. The Morgan fingerprint density at radius 2 is 1.95 bits per heavy atom. The summed E-state index contributed by atoms with van der Waals surface area (Å²) in [7, 11) is 0. The second-order valence-electron chi connectivity index (χ2n) is 5.79. The zero-order chi connectivity index (χ0) is 16.0. The summed E-state index contributed by atoms with van der Waals surface area (Å²) in [5.41, 5.74) is 2.41. The predicted molar refractivity (Wildman–Crippen MR) is 85.8 cm³/mol. The molecule has 0 aliphatic rings. The Hall–Kier alpha value is -1.49. The zero-order valence-electron chi connectivity index (χ0n) is 13.3. The van der Waals surface area contributed by atoms with Gasteiger partial charge in [-0.15, -0.1) is 11.8 Å². The molecule has 2 amide bonds. The summed E-state index contributed by atoms with van der Waals surface area (Å²) in [6.45, 7) is 10.4. The number of hydrogen-bond acceptors (Lipinski definition) is 4. The summed E-state index contributed by atoms with van der Waals surface area (Å²) in [5.74, 6) is -0.160. The van der Waals surface area contributed by atoms with Crippen molar-refractivity contribution in [2.45, 2.75) is 44.9 Å². The third-order valence-corrected chi connectivity index (χ3v) is 4.09. The van der Waals surface area contributed by atoms with E-state index in [-0.39, 0.29) is 23.7 Å². The molecule has 0 spiro atoms. The van der Waals surface area contributed by atoms with E-state index in [1.165, 1.54) is 17.3 Å². The molecular weight excluding hydrogens is 286 g/mol. The van der Waals surface area contributed by atoms with Gasteiger partial charge in [0.05, 0.1) is 12.4 Å². The minimum absolute atomic E-state index is 0.0657. The summed E-state index contributed by atoms with van der Waals surface area (Å²) in [5, 5.41) is 2.19. The maximum atomic E-state index is 11.7. The van der Waals surface area contributed by atoms with Crippen molar-refractivity contribution < 1.29 is 14.3 Å². The van der Waals surface area contributed by atoms with Crippen molar-refractivity contribution in [1.82, 2.24) is 5.32 Å². The van der Waals surface area contributed by atoms with Gasteiger partial charge >= 0.3 is 6.09 Å². The lowest BCUT2D eigenvalue weighted by atomic mass is 9.87. The number of carbonyl (C=O) groups excluding carboxylic acids is 2. The Morgan fingerprint density at radius 3 is 2.52 bits per heavy atom. The number of ether oxygens (including phenoxy) is 1. The van der Waals surface area contributed by atoms with E-state index in [2.05, 4.69) is 49.0 Å². The summed E-state index contributed by atoms with van der Waals surface area (Å²) in [6, 6.07) is 6.28. The molecule has 0 saturated heterocycles. The lowest BCUT2D eigenvalue weighted by Crippen LogP contribution is -2.32. The smallest absolute Gasteiger partial charge is 0.413 e. The molecule has 1 N–H and O–H groups in total. The molecule has 5 heteroatoms. The number of hydrogen-bond donors (Lipinski definition) is 1. The van der Waals surface area contributed by atoms with Crippen LogP contribution in [-0.2, 0) is 14.9 Å². The van der Waals surface area contributed by atoms with Gasteiger partial charge < -0.3 is 4.74 Å². The molecule has 1 rings (SSSR count). The number of nitrogens with one attached hydrogen (secondary N) is 1. The molecule has 0 aliphatic heterocycles. The van der Waals surface area contributed by atoms with E-state index in [1.807, 2.05) is 6.92 Å². The molecule has 0 bridgehead atoms. The van der Waals surface area contributed by atoms with E-state index in [1.54, 1.807) is 6.92 Å². The predicted octanol–water partition coefficient (Wildman–Crippen LogP) is 3.66. The van der Waals surface area contributed by atoms with Gasteiger partial charge in [0.25, 0.3) is 0 Å². The Morgan fingerprint density at radius 1 is 1.29 bits per heavy atom. The van der Waals surface area contributed by atoms with Crippen LogP contribution in [0, 0.1) is 6.92 Å². The van der Waals surface area contributed by atoms with Crippen molar-refractivity contribution in [2.75, 3.05) is 12.4 Å². The fraction of sp³-hybridized carbons (Fsp3) is 0.500. The van der Waals surface area contributed by atoms with Crippen molar-refractivity contribution in [3.63, 3.8) is 0 Å². The van der Waals surface area contributed by atoms with E-state index in [0.29, 0.717) is 0 Å². The van der Waals surface area contributed by atoms with Crippen LogP contribution in [0.3, 0.4) is 0 Å². The van der Waals surface area contributed by atoms with Crippen LogP contribution >= 0.6 is 11.8 Å². The van der Waals surface area contributed by atoms with Crippen molar-refractivity contribution in [1.29, 1.82) is 0 Å². The summed E-state index contributed by atoms with van der Waals surface area (Å²) < 4.78 is 4.67. The average molecular weight is 309 g/mol. The number of amides is 2. The van der Waals surface area contributed by atoms with Gasteiger partial charge in [0.2, 0.25) is 5.91 Å². The Balaban J connectivity index is 2.67. The topological polar surface area (TPSA) is 55.4 Å². The van der Waals surface area contributed by atoms with Gasteiger partial charge in [0.15, 0.2) is 0 Å². The molecule has 116 valence electrons. The van der Waals surface area contributed by atoms with Gasteiger partial charge in [-0.2, -0.15) is 0 Å². The fourth-order valence-corrected chi connectivity index (χ4v) is 2.55. The van der Waals surface area contributed by atoms with E-state index in [9.17, 15) is 9.59 Å². The largest absolute Gasteiger partial charge is 0.450 e. The molecule has 0 radical (unpaired) electrons. The first kappa shape index (κ1) is 17.6. The Bertz CT molecular complexity index is 521. The highest BCUT2D eigenvalue weighted by atomic mass is 32.2. The second kappa shape index (κ2) is 7.50. The van der Waals surface area contributed by atoms with Gasteiger partial charge in [0.1, 0.15) is 0 Å². The van der Waals surface area contributed by atoms with Crippen LogP contribution in [0.1, 0.15) is 38.8 Å². The molecule has 0 fully saturated rings. The summed E-state index contributed by atoms with van der Waals surface area (Å²) in [6.07, 6.45) is -0.691. The molecule has 0 aromatic heterocycles. The number of thioether (sulfide) groups is 1. The normalized spacial score (nSPS) is 11.1. The first-order valence-electron chi connectivity index (χ1n) is 6.94. The standard InChI is InChI=1S/C16H23NO3S/c1-6-20-15(19)17-14(18)10-21-13-9-12(16(3,4)5)8-7-11(13)2/h7-9H,6,10H2,1-5H3,(H,17,18,19). The molecule has 0 aliphatic carbocycles. The van der Waals surface area contributed by atoms with Crippen LogP contribution in [0.2, 0.25) is 0 Å². The molecule has 1 aromatic rings. The number of aryl methyl sites for hydroxylation is 1. The van der Waals surface area contributed by atoms with E-state index < -0.39 is 6.09 Å². The third-order valence-electron chi connectivity index (χ3n) is 2.93. The third kappa shape index (κ3) is 5.79. The van der Waals surface area contributed by atoms with Crippen molar-refractivity contribution in [2.24, 2.45) is 0 Å². The molecule has 1 aromatic carbocycles. The monoisotopic (exact) mass is 309 g/mol. The SMILES string of the molecule is CCOC(=O)NC(=O)CSc1cc(C(C)(C)C)ccc1C. The quantitative estimate of drug-likeness (QED) is 0.862. The Labute approximate surface area is 130 Å². The van der Waals surface area contributed by atoms with Gasteiger partial charge in [-0.05, 0) is 36.5 Å². The molecular formula is C16H23NO3S. The molecule has 4 nitrogen and oxygen atoms in total. The highest BCUT2D eigenvalue weighted by Gasteiger charge is 2.16. The summed E-state index contributed by atoms with van der Waals surface area (Å²) >= 11 is 1.43. The maximum absolute atomic E-state index is 11.7. The highest BCUT2D eigenvalue weighted by molar-refractivity contribution is 8.00. The zero-order valence-corrected chi connectivity index (χ0v) is 14.1. The molecule has 21 heavy (non-hydrogen) atoms. The van der Waals surface area contributed by atoms with Gasteiger partial charge in [-0.1, -0.05) is 32.9 Å². The van der Waals surface area contributed by atoms with E-state index in [0.717, 1.165) is 10.5 Å². The maximum Gasteiger partial charge on any atom is 0.413 e. The number of rotatable bonds is 4. The minimum atomic E-state index is -0.691.